The van der Waals surface area contributed by atoms with E-state index in [1.165, 1.54) is 39.1 Å². The number of rotatable bonds is 5. The van der Waals surface area contributed by atoms with Gasteiger partial charge in [0, 0.05) is 16.9 Å². The molecule has 9 heteroatoms. The van der Waals surface area contributed by atoms with Crippen LogP contribution in [0.3, 0.4) is 0 Å². The zero-order valence-electron chi connectivity index (χ0n) is 17.1. The van der Waals surface area contributed by atoms with E-state index in [4.69, 9.17) is 0 Å². The highest BCUT2D eigenvalue weighted by Crippen LogP contribution is 2.31. The number of nitrogens with zero attached hydrogens (tertiary/aromatic N) is 4. The Balaban J connectivity index is 1.63. The lowest BCUT2D eigenvalue weighted by Crippen LogP contribution is -2.27. The minimum atomic E-state index is -0.340. The Morgan fingerprint density at radius 3 is 2.70 bits per heavy atom. The van der Waals surface area contributed by atoms with Crippen LogP contribution in [0, 0.1) is 13.8 Å². The number of anilines is 1. The van der Waals surface area contributed by atoms with E-state index >= 15 is 0 Å². The molecule has 0 radical (unpaired) electrons. The van der Waals surface area contributed by atoms with E-state index in [0.29, 0.717) is 15.3 Å². The molecule has 30 heavy (non-hydrogen) atoms. The first-order valence-corrected chi connectivity index (χ1v) is 11.2. The molecule has 3 heterocycles. The minimum absolute atomic E-state index is 0.138. The summed E-state index contributed by atoms with van der Waals surface area (Å²) in [7, 11) is 0. The molecule has 0 spiro atoms. The zero-order valence-corrected chi connectivity index (χ0v) is 18.7. The largest absolute Gasteiger partial charge is 0.299 e. The van der Waals surface area contributed by atoms with Crippen molar-refractivity contribution in [1.29, 1.82) is 0 Å². The summed E-state index contributed by atoms with van der Waals surface area (Å²) in [6.45, 7) is 7.99. The molecule has 0 aliphatic carbocycles. The highest BCUT2D eigenvalue weighted by molar-refractivity contribution is 7.17. The number of hydrogen-bond acceptors (Lipinski definition) is 7. The van der Waals surface area contributed by atoms with Crippen molar-refractivity contribution in [2.45, 2.75) is 40.2 Å². The first-order valence-electron chi connectivity index (χ1n) is 9.51. The highest BCUT2D eigenvalue weighted by Gasteiger charge is 2.16. The number of thiophene rings is 1. The van der Waals surface area contributed by atoms with Crippen molar-refractivity contribution in [2.24, 2.45) is 0 Å². The fourth-order valence-corrected chi connectivity index (χ4v) is 4.70. The van der Waals surface area contributed by atoms with Crippen LogP contribution in [0.15, 0.2) is 34.7 Å². The van der Waals surface area contributed by atoms with Gasteiger partial charge in [0.1, 0.15) is 16.4 Å². The molecule has 4 rings (SSSR count). The van der Waals surface area contributed by atoms with Crippen LogP contribution in [0.1, 0.15) is 35.9 Å². The van der Waals surface area contributed by atoms with Crippen molar-refractivity contribution in [1.82, 2.24) is 19.7 Å². The van der Waals surface area contributed by atoms with Gasteiger partial charge in [0.15, 0.2) is 0 Å². The molecule has 1 aromatic carbocycles. The van der Waals surface area contributed by atoms with Gasteiger partial charge in [-0.15, -0.1) is 21.5 Å². The Hall–Kier alpha value is -2.91. The number of nitrogens with one attached hydrogen (secondary N) is 1. The molecular formula is C21H21N5O2S2. The monoisotopic (exact) mass is 439 g/mol. The second kappa shape index (κ2) is 8.08. The number of fused-ring (bicyclic) bond motifs is 1. The third-order valence-electron chi connectivity index (χ3n) is 4.87. The minimum Gasteiger partial charge on any atom is -0.299 e. The number of hydrogen-bond donors (Lipinski definition) is 1. The quantitative estimate of drug-likeness (QED) is 0.499. The normalized spacial score (nSPS) is 11.4. The topological polar surface area (TPSA) is 89.8 Å². The number of benzene rings is 1. The molecule has 154 valence electrons. The average Bonchev–Trinajstić information content (AvgIpc) is 3.34. The summed E-state index contributed by atoms with van der Waals surface area (Å²) >= 11 is 2.76. The molecule has 0 bridgehead atoms. The summed E-state index contributed by atoms with van der Waals surface area (Å²) < 4.78 is 1.33. The molecular weight excluding hydrogens is 418 g/mol. The maximum absolute atomic E-state index is 13.1. The Morgan fingerprint density at radius 2 is 2.00 bits per heavy atom. The summed E-state index contributed by atoms with van der Waals surface area (Å²) in [5.74, 6) is -0.0996. The van der Waals surface area contributed by atoms with Gasteiger partial charge in [-0.2, -0.15) is 0 Å². The molecule has 7 nitrogen and oxygen atoms in total. The molecule has 3 aromatic heterocycles. The predicted molar refractivity (Wildman–Crippen MR) is 121 cm³/mol. The first-order chi connectivity index (χ1) is 14.3. The number of carbonyl (C=O) groups excluding carboxylic acids is 1. The van der Waals surface area contributed by atoms with Gasteiger partial charge in [0.2, 0.25) is 11.0 Å². The predicted octanol–water partition coefficient (Wildman–Crippen LogP) is 4.36. The van der Waals surface area contributed by atoms with Gasteiger partial charge in [-0.1, -0.05) is 43.4 Å². The molecule has 0 aliphatic heterocycles. The van der Waals surface area contributed by atoms with Gasteiger partial charge < -0.3 is 0 Å². The fourth-order valence-electron chi connectivity index (χ4n) is 3.03. The lowest BCUT2D eigenvalue weighted by Gasteiger charge is -2.07. The van der Waals surface area contributed by atoms with E-state index in [0.717, 1.165) is 21.7 Å². The van der Waals surface area contributed by atoms with Gasteiger partial charge in [0.05, 0.1) is 11.7 Å². The van der Waals surface area contributed by atoms with E-state index in [1.54, 1.807) is 0 Å². The standard InChI is InChI=1S/C21H21N5O2S2/c1-11(2)18-24-25-21(30-18)23-16(27)8-26-10-22-19-17(20(26)28)15(9-29-19)14-6-5-12(3)13(4)7-14/h5-7,9-11H,8H2,1-4H3,(H,23,25,27). The lowest BCUT2D eigenvalue weighted by molar-refractivity contribution is -0.116. The van der Waals surface area contributed by atoms with Crippen LogP contribution >= 0.6 is 22.7 Å². The molecule has 0 aliphatic rings. The SMILES string of the molecule is Cc1ccc(-c2csc3ncn(CC(=O)Nc4nnc(C(C)C)s4)c(=O)c23)cc1C. The maximum atomic E-state index is 13.1. The van der Waals surface area contributed by atoms with Crippen LogP contribution in [0.25, 0.3) is 21.3 Å². The van der Waals surface area contributed by atoms with Crippen molar-refractivity contribution in [3.05, 3.63) is 56.4 Å². The lowest BCUT2D eigenvalue weighted by atomic mass is 10.0. The van der Waals surface area contributed by atoms with E-state index in [9.17, 15) is 9.59 Å². The average molecular weight is 440 g/mol. The molecule has 1 amide bonds. The van der Waals surface area contributed by atoms with Crippen LogP contribution < -0.4 is 10.9 Å². The third kappa shape index (κ3) is 3.90. The molecule has 0 saturated heterocycles. The van der Waals surface area contributed by atoms with E-state index < -0.39 is 0 Å². The number of carbonyl (C=O) groups is 1. The first kappa shape index (κ1) is 20.4. The zero-order chi connectivity index (χ0) is 21.4. The molecule has 0 fully saturated rings. The van der Waals surface area contributed by atoms with Crippen molar-refractivity contribution in [3.8, 4) is 11.1 Å². The smallest absolute Gasteiger partial charge is 0.263 e. The Kier molecular flexibility index (Phi) is 5.48. The van der Waals surface area contributed by atoms with Crippen molar-refractivity contribution in [3.63, 3.8) is 0 Å². The van der Waals surface area contributed by atoms with Gasteiger partial charge >= 0.3 is 0 Å². The Bertz CT molecular complexity index is 1300. The number of aryl methyl sites for hydroxylation is 2. The Labute approximate surface area is 181 Å². The molecule has 0 atom stereocenters. The summed E-state index contributed by atoms with van der Waals surface area (Å²) in [6.07, 6.45) is 1.42. The van der Waals surface area contributed by atoms with Gasteiger partial charge in [-0.3, -0.25) is 19.5 Å². The third-order valence-corrected chi connectivity index (χ3v) is 6.90. The highest BCUT2D eigenvalue weighted by atomic mass is 32.1. The molecule has 0 saturated carbocycles. The van der Waals surface area contributed by atoms with Crippen LogP contribution in [-0.2, 0) is 11.3 Å². The van der Waals surface area contributed by atoms with E-state index in [-0.39, 0.29) is 23.9 Å². The maximum Gasteiger partial charge on any atom is 0.263 e. The molecule has 4 aromatic rings. The van der Waals surface area contributed by atoms with E-state index in [2.05, 4.69) is 33.5 Å². The van der Waals surface area contributed by atoms with Crippen LogP contribution in [0.2, 0.25) is 0 Å². The fraction of sp³-hybridized carbons (Fsp3) is 0.286. The van der Waals surface area contributed by atoms with Crippen molar-refractivity contribution in [2.75, 3.05) is 5.32 Å². The molecule has 1 N–H and O–H groups in total. The summed E-state index contributed by atoms with van der Waals surface area (Å²) in [5.41, 5.74) is 3.94. The number of amides is 1. The second-order valence-electron chi connectivity index (χ2n) is 7.45. The summed E-state index contributed by atoms with van der Waals surface area (Å²) in [4.78, 5) is 30.7. The van der Waals surface area contributed by atoms with Crippen LogP contribution in [0.5, 0.6) is 0 Å². The molecule has 0 unspecified atom stereocenters. The van der Waals surface area contributed by atoms with Crippen molar-refractivity contribution >= 4 is 43.9 Å². The van der Waals surface area contributed by atoms with E-state index in [1.807, 2.05) is 38.3 Å². The van der Waals surface area contributed by atoms with Crippen LogP contribution in [-0.4, -0.2) is 25.7 Å². The van der Waals surface area contributed by atoms with Crippen LogP contribution in [0.4, 0.5) is 5.13 Å². The second-order valence-corrected chi connectivity index (χ2v) is 9.32. The van der Waals surface area contributed by atoms with Gasteiger partial charge in [0.25, 0.3) is 5.56 Å². The summed E-state index contributed by atoms with van der Waals surface area (Å²) in [5, 5.41) is 14.5. The number of aromatic nitrogens is 4. The Morgan fingerprint density at radius 1 is 1.20 bits per heavy atom. The van der Waals surface area contributed by atoms with Gasteiger partial charge in [-0.25, -0.2) is 4.98 Å². The van der Waals surface area contributed by atoms with Crippen molar-refractivity contribution < 1.29 is 4.79 Å². The van der Waals surface area contributed by atoms with Gasteiger partial charge in [-0.05, 0) is 30.5 Å². The summed E-state index contributed by atoms with van der Waals surface area (Å²) in [6, 6.07) is 6.13.